The van der Waals surface area contributed by atoms with Crippen LogP contribution in [0.25, 0.3) is 0 Å². The fourth-order valence-electron chi connectivity index (χ4n) is 1.98. The minimum absolute atomic E-state index is 0.124. The average molecular weight is 350 g/mol. The Balaban J connectivity index is 1.69. The second-order valence-electron chi connectivity index (χ2n) is 4.70. The maximum absolute atomic E-state index is 12.0. The van der Waals surface area contributed by atoms with E-state index in [1.807, 2.05) is 0 Å². The summed E-state index contributed by atoms with van der Waals surface area (Å²) in [6.07, 6.45) is 1.54. The summed E-state index contributed by atoms with van der Waals surface area (Å²) in [7, 11) is 0. The topological polar surface area (TPSA) is 74.9 Å². The molecule has 1 aliphatic heterocycles. The zero-order chi connectivity index (χ0) is 16.2. The maximum Gasteiger partial charge on any atom is 0.287 e. The molecule has 1 saturated heterocycles. The third-order valence-corrected chi connectivity index (χ3v) is 4.27. The van der Waals surface area contributed by atoms with Gasteiger partial charge in [0.1, 0.15) is 11.6 Å². The SMILES string of the molecule is O=C(NN=C1CSC(=O)N1Cc1ccco1)c1ccc(Cl)cc1. The number of nitrogens with zero attached hydrogens (tertiary/aromatic N) is 2. The maximum atomic E-state index is 12.0. The van der Waals surface area contributed by atoms with Gasteiger partial charge in [-0.25, -0.2) is 5.43 Å². The van der Waals surface area contributed by atoms with E-state index < -0.39 is 0 Å². The number of thioether (sulfide) groups is 1. The monoisotopic (exact) mass is 349 g/mol. The quantitative estimate of drug-likeness (QED) is 0.859. The third-order valence-electron chi connectivity index (χ3n) is 3.14. The van der Waals surface area contributed by atoms with Gasteiger partial charge in [-0.05, 0) is 36.4 Å². The van der Waals surface area contributed by atoms with Gasteiger partial charge in [-0.3, -0.25) is 14.5 Å². The van der Waals surface area contributed by atoms with E-state index in [0.29, 0.717) is 27.9 Å². The first kappa shape index (κ1) is 15.6. The number of rotatable bonds is 4. The van der Waals surface area contributed by atoms with Crippen LogP contribution in [0.1, 0.15) is 16.1 Å². The molecule has 1 aliphatic rings. The summed E-state index contributed by atoms with van der Waals surface area (Å²) in [5.74, 6) is 1.17. The number of carbonyl (C=O) groups excluding carboxylic acids is 2. The van der Waals surface area contributed by atoms with Gasteiger partial charge >= 0.3 is 0 Å². The Morgan fingerprint density at radius 1 is 1.35 bits per heavy atom. The van der Waals surface area contributed by atoms with Gasteiger partial charge in [-0.15, -0.1) is 0 Å². The number of amidine groups is 1. The molecule has 0 aliphatic carbocycles. The summed E-state index contributed by atoms with van der Waals surface area (Å²) < 4.78 is 5.24. The summed E-state index contributed by atoms with van der Waals surface area (Å²) in [5, 5.41) is 4.49. The van der Waals surface area contributed by atoms with Crippen molar-refractivity contribution in [3.63, 3.8) is 0 Å². The lowest BCUT2D eigenvalue weighted by molar-refractivity contribution is 0.0954. The van der Waals surface area contributed by atoms with E-state index in [1.165, 1.54) is 4.90 Å². The van der Waals surface area contributed by atoms with Gasteiger partial charge in [-0.2, -0.15) is 5.10 Å². The molecular weight excluding hydrogens is 338 g/mol. The first-order valence-corrected chi connectivity index (χ1v) is 8.09. The number of amides is 2. The summed E-state index contributed by atoms with van der Waals surface area (Å²) in [6.45, 7) is 0.286. The average Bonchev–Trinajstić information content (AvgIpc) is 3.18. The Bertz CT molecular complexity index is 744. The van der Waals surface area contributed by atoms with Crippen molar-refractivity contribution in [1.82, 2.24) is 10.3 Å². The van der Waals surface area contributed by atoms with Crippen molar-refractivity contribution in [2.75, 3.05) is 5.75 Å². The van der Waals surface area contributed by atoms with Gasteiger partial charge in [0.15, 0.2) is 0 Å². The summed E-state index contributed by atoms with van der Waals surface area (Å²) in [4.78, 5) is 25.4. The Morgan fingerprint density at radius 2 is 2.13 bits per heavy atom. The van der Waals surface area contributed by atoms with Crippen molar-refractivity contribution in [3.05, 3.63) is 59.0 Å². The molecule has 1 aromatic heterocycles. The van der Waals surface area contributed by atoms with Crippen LogP contribution in [0.15, 0.2) is 52.2 Å². The van der Waals surface area contributed by atoms with Crippen LogP contribution in [0.2, 0.25) is 5.02 Å². The highest BCUT2D eigenvalue weighted by Crippen LogP contribution is 2.22. The van der Waals surface area contributed by atoms with Gasteiger partial charge in [0, 0.05) is 10.6 Å². The highest BCUT2D eigenvalue weighted by molar-refractivity contribution is 8.14. The molecule has 118 valence electrons. The van der Waals surface area contributed by atoms with Gasteiger partial charge in [-0.1, -0.05) is 23.4 Å². The van der Waals surface area contributed by atoms with Crippen LogP contribution in [-0.2, 0) is 6.54 Å². The zero-order valence-electron chi connectivity index (χ0n) is 11.9. The predicted molar refractivity (Wildman–Crippen MR) is 88.5 cm³/mol. The van der Waals surface area contributed by atoms with Crippen LogP contribution >= 0.6 is 23.4 Å². The van der Waals surface area contributed by atoms with E-state index in [0.717, 1.165) is 11.8 Å². The summed E-state index contributed by atoms with van der Waals surface area (Å²) in [5.41, 5.74) is 2.90. The molecule has 2 amide bonds. The van der Waals surface area contributed by atoms with E-state index in [4.69, 9.17) is 16.0 Å². The molecular formula is C15H12ClN3O3S. The molecule has 2 aromatic rings. The van der Waals surface area contributed by atoms with E-state index in [2.05, 4.69) is 10.5 Å². The molecule has 1 aromatic carbocycles. The first-order valence-electron chi connectivity index (χ1n) is 6.72. The minimum Gasteiger partial charge on any atom is -0.467 e. The number of carbonyl (C=O) groups is 2. The number of furan rings is 1. The molecule has 6 nitrogen and oxygen atoms in total. The lowest BCUT2D eigenvalue weighted by atomic mass is 10.2. The Labute approximate surface area is 141 Å². The fraction of sp³-hybridized carbons (Fsp3) is 0.133. The molecule has 3 rings (SSSR count). The molecule has 1 fully saturated rings. The number of halogens is 1. The standard InChI is InChI=1S/C15H12ClN3O3S/c16-11-5-3-10(4-6-11)14(20)18-17-13-9-23-15(21)19(13)8-12-2-1-7-22-12/h1-7H,8-9H2,(H,18,20). The van der Waals surface area contributed by atoms with Gasteiger partial charge in [0.05, 0.1) is 18.6 Å². The molecule has 0 unspecified atom stereocenters. The van der Waals surface area contributed by atoms with E-state index >= 15 is 0 Å². The molecule has 1 N–H and O–H groups in total. The number of hydrogen-bond acceptors (Lipinski definition) is 5. The summed E-state index contributed by atoms with van der Waals surface area (Å²) in [6, 6.07) is 9.99. The van der Waals surface area contributed by atoms with Gasteiger partial charge < -0.3 is 4.42 Å². The lowest BCUT2D eigenvalue weighted by Crippen LogP contribution is -2.31. The second-order valence-corrected chi connectivity index (χ2v) is 6.06. The van der Waals surface area contributed by atoms with Crippen LogP contribution in [-0.4, -0.2) is 27.6 Å². The largest absolute Gasteiger partial charge is 0.467 e. The molecule has 0 atom stereocenters. The Kier molecular flexibility index (Phi) is 4.68. The van der Waals surface area contributed by atoms with E-state index in [9.17, 15) is 9.59 Å². The van der Waals surface area contributed by atoms with Gasteiger partial charge in [0.2, 0.25) is 0 Å². The number of hydrazone groups is 1. The fourth-order valence-corrected chi connectivity index (χ4v) is 2.90. The minimum atomic E-state index is -0.364. The number of hydrogen-bond donors (Lipinski definition) is 1. The van der Waals surface area contributed by atoms with Crippen molar-refractivity contribution in [2.24, 2.45) is 5.10 Å². The number of benzene rings is 1. The van der Waals surface area contributed by atoms with Crippen molar-refractivity contribution < 1.29 is 14.0 Å². The van der Waals surface area contributed by atoms with Crippen LogP contribution in [0.3, 0.4) is 0 Å². The van der Waals surface area contributed by atoms with Crippen molar-refractivity contribution in [2.45, 2.75) is 6.54 Å². The van der Waals surface area contributed by atoms with Crippen molar-refractivity contribution >= 4 is 40.3 Å². The smallest absolute Gasteiger partial charge is 0.287 e. The summed E-state index contributed by atoms with van der Waals surface area (Å²) >= 11 is 6.92. The van der Waals surface area contributed by atoms with Crippen LogP contribution in [0.5, 0.6) is 0 Å². The van der Waals surface area contributed by atoms with E-state index in [1.54, 1.807) is 42.7 Å². The van der Waals surface area contributed by atoms with Gasteiger partial charge in [0.25, 0.3) is 11.1 Å². The normalized spacial score (nSPS) is 16.1. The Hall–Kier alpha value is -2.25. The zero-order valence-corrected chi connectivity index (χ0v) is 13.4. The first-order chi connectivity index (χ1) is 11.1. The molecule has 0 spiro atoms. The van der Waals surface area contributed by atoms with Crippen LogP contribution in [0, 0.1) is 0 Å². The van der Waals surface area contributed by atoms with Crippen LogP contribution in [0.4, 0.5) is 4.79 Å². The third kappa shape index (κ3) is 3.75. The van der Waals surface area contributed by atoms with E-state index in [-0.39, 0.29) is 17.7 Å². The lowest BCUT2D eigenvalue weighted by Gasteiger charge is -2.14. The van der Waals surface area contributed by atoms with Crippen molar-refractivity contribution in [1.29, 1.82) is 0 Å². The molecule has 0 saturated carbocycles. The van der Waals surface area contributed by atoms with Crippen molar-refractivity contribution in [3.8, 4) is 0 Å². The molecule has 2 heterocycles. The molecule has 23 heavy (non-hydrogen) atoms. The highest BCUT2D eigenvalue weighted by atomic mass is 35.5. The van der Waals surface area contributed by atoms with Crippen LogP contribution < -0.4 is 5.43 Å². The molecule has 8 heteroatoms. The number of nitrogens with one attached hydrogen (secondary N) is 1. The second kappa shape index (κ2) is 6.89. The Morgan fingerprint density at radius 3 is 2.83 bits per heavy atom. The molecule has 0 radical (unpaired) electrons. The molecule has 0 bridgehead atoms. The predicted octanol–water partition coefficient (Wildman–Crippen LogP) is 3.35. The highest BCUT2D eigenvalue weighted by Gasteiger charge is 2.29.